The van der Waals surface area contributed by atoms with E-state index in [1.54, 1.807) is 0 Å². The summed E-state index contributed by atoms with van der Waals surface area (Å²) in [5.41, 5.74) is 4.33. The number of alkyl halides is 3. The molecule has 2 aliphatic rings. The van der Waals surface area contributed by atoms with Gasteiger partial charge in [-0.3, -0.25) is 0 Å². The Kier molecular flexibility index (Phi) is 2.17. The first-order valence-electron chi connectivity index (χ1n) is 5.95. The Morgan fingerprint density at radius 1 is 1.06 bits per heavy atom. The van der Waals surface area contributed by atoms with Crippen LogP contribution in [0.25, 0.3) is 0 Å². The van der Waals surface area contributed by atoms with E-state index in [-0.39, 0.29) is 5.56 Å². The standard InChI is InChI=1S/C13H13F4N/c14-8-1-2-9(10(7-8)13(15,16)17)11(3-4-11)12(18)5-6-12/h1-2,7H,3-6,18H2. The maximum absolute atomic E-state index is 13.1. The van der Waals surface area contributed by atoms with Crippen LogP contribution in [0.1, 0.15) is 36.8 Å². The van der Waals surface area contributed by atoms with Crippen molar-refractivity contribution < 1.29 is 17.6 Å². The Balaban J connectivity index is 2.13. The number of halogens is 4. The van der Waals surface area contributed by atoms with Gasteiger partial charge in [0.1, 0.15) is 5.82 Å². The van der Waals surface area contributed by atoms with Crippen molar-refractivity contribution in [2.24, 2.45) is 5.73 Å². The normalized spacial score (nSPS) is 23.8. The molecule has 0 saturated heterocycles. The van der Waals surface area contributed by atoms with Gasteiger partial charge in [-0.2, -0.15) is 13.2 Å². The summed E-state index contributed by atoms with van der Waals surface area (Å²) < 4.78 is 52.0. The van der Waals surface area contributed by atoms with Crippen LogP contribution in [-0.4, -0.2) is 5.54 Å². The minimum absolute atomic E-state index is 0.177. The zero-order valence-corrected chi connectivity index (χ0v) is 9.65. The molecule has 18 heavy (non-hydrogen) atoms. The van der Waals surface area contributed by atoms with Crippen LogP contribution in [0.4, 0.5) is 17.6 Å². The lowest BCUT2D eigenvalue weighted by Crippen LogP contribution is -2.38. The Morgan fingerprint density at radius 2 is 1.67 bits per heavy atom. The van der Waals surface area contributed by atoms with Crippen LogP contribution < -0.4 is 5.73 Å². The van der Waals surface area contributed by atoms with Crippen molar-refractivity contribution in [3.8, 4) is 0 Å². The predicted molar refractivity (Wildman–Crippen MR) is 58.5 cm³/mol. The van der Waals surface area contributed by atoms with Gasteiger partial charge in [0.15, 0.2) is 0 Å². The van der Waals surface area contributed by atoms with Gasteiger partial charge in [0.25, 0.3) is 0 Å². The smallest absolute Gasteiger partial charge is 0.324 e. The minimum atomic E-state index is -4.53. The van der Waals surface area contributed by atoms with Crippen molar-refractivity contribution in [2.45, 2.75) is 42.8 Å². The third-order valence-electron chi connectivity index (χ3n) is 4.29. The van der Waals surface area contributed by atoms with Crippen molar-refractivity contribution in [3.05, 3.63) is 35.1 Å². The number of hydrogen-bond acceptors (Lipinski definition) is 1. The summed E-state index contributed by atoms with van der Waals surface area (Å²) in [7, 11) is 0. The zero-order valence-electron chi connectivity index (χ0n) is 9.65. The molecule has 2 fully saturated rings. The molecule has 2 saturated carbocycles. The van der Waals surface area contributed by atoms with E-state index in [4.69, 9.17) is 5.73 Å². The molecule has 1 aromatic rings. The van der Waals surface area contributed by atoms with E-state index >= 15 is 0 Å². The summed E-state index contributed by atoms with van der Waals surface area (Å²) in [5, 5.41) is 0. The Hall–Kier alpha value is -1.10. The zero-order chi connectivity index (χ0) is 13.2. The van der Waals surface area contributed by atoms with Crippen molar-refractivity contribution in [1.82, 2.24) is 0 Å². The lowest BCUT2D eigenvalue weighted by molar-refractivity contribution is -0.138. The molecular weight excluding hydrogens is 246 g/mol. The van der Waals surface area contributed by atoms with Crippen LogP contribution in [0.5, 0.6) is 0 Å². The Bertz CT molecular complexity index is 498. The van der Waals surface area contributed by atoms with Crippen molar-refractivity contribution in [1.29, 1.82) is 0 Å². The molecular formula is C13H13F4N. The van der Waals surface area contributed by atoms with Gasteiger partial charge in [0.05, 0.1) is 5.56 Å². The maximum Gasteiger partial charge on any atom is 0.416 e. The molecule has 0 spiro atoms. The van der Waals surface area contributed by atoms with Gasteiger partial charge < -0.3 is 5.73 Å². The number of rotatable bonds is 2. The summed E-state index contributed by atoms with van der Waals surface area (Å²) in [6, 6.07) is 2.94. The molecule has 0 atom stereocenters. The summed E-state index contributed by atoms with van der Waals surface area (Å²) in [6.45, 7) is 0. The molecule has 2 aliphatic carbocycles. The van der Waals surface area contributed by atoms with Crippen LogP contribution in [0, 0.1) is 5.82 Å². The van der Waals surface area contributed by atoms with Gasteiger partial charge in [-0.05, 0) is 43.4 Å². The van der Waals surface area contributed by atoms with Crippen LogP contribution >= 0.6 is 0 Å². The summed E-state index contributed by atoms with van der Waals surface area (Å²) >= 11 is 0. The summed E-state index contributed by atoms with van der Waals surface area (Å²) in [4.78, 5) is 0. The predicted octanol–water partition coefficient (Wildman–Crippen LogP) is 3.37. The molecule has 0 heterocycles. The van der Waals surface area contributed by atoms with Gasteiger partial charge in [0.2, 0.25) is 0 Å². The second-order valence-electron chi connectivity index (χ2n) is 5.43. The molecule has 3 rings (SSSR count). The van der Waals surface area contributed by atoms with Gasteiger partial charge >= 0.3 is 6.18 Å². The fraction of sp³-hybridized carbons (Fsp3) is 0.538. The first-order valence-corrected chi connectivity index (χ1v) is 5.95. The average Bonchev–Trinajstić information content (AvgIpc) is 3.12. The van der Waals surface area contributed by atoms with Gasteiger partial charge in [-0.25, -0.2) is 4.39 Å². The monoisotopic (exact) mass is 259 g/mol. The van der Waals surface area contributed by atoms with E-state index in [1.165, 1.54) is 6.07 Å². The first kappa shape index (κ1) is 12.0. The molecule has 0 aromatic heterocycles. The summed E-state index contributed by atoms with van der Waals surface area (Å²) in [6.07, 6.45) is -1.70. The van der Waals surface area contributed by atoms with E-state index in [0.717, 1.165) is 18.9 Å². The van der Waals surface area contributed by atoms with E-state index in [1.807, 2.05) is 0 Å². The molecule has 2 N–H and O–H groups in total. The average molecular weight is 259 g/mol. The van der Waals surface area contributed by atoms with Crippen LogP contribution in [0.2, 0.25) is 0 Å². The minimum Gasteiger partial charge on any atom is -0.324 e. The number of hydrogen-bond donors (Lipinski definition) is 1. The van der Waals surface area contributed by atoms with Crippen molar-refractivity contribution >= 4 is 0 Å². The first-order chi connectivity index (χ1) is 8.29. The van der Waals surface area contributed by atoms with Crippen molar-refractivity contribution in [2.75, 3.05) is 0 Å². The largest absolute Gasteiger partial charge is 0.416 e. The highest BCUT2D eigenvalue weighted by Crippen LogP contribution is 2.65. The molecule has 98 valence electrons. The van der Waals surface area contributed by atoms with E-state index in [9.17, 15) is 17.6 Å². The quantitative estimate of drug-likeness (QED) is 0.810. The maximum atomic E-state index is 13.1. The third kappa shape index (κ3) is 1.56. The SMILES string of the molecule is NC1(C2(c3ccc(F)cc3C(F)(F)F)CC2)CC1. The molecule has 5 heteroatoms. The van der Waals surface area contributed by atoms with Crippen molar-refractivity contribution in [3.63, 3.8) is 0 Å². The highest BCUT2D eigenvalue weighted by atomic mass is 19.4. The lowest BCUT2D eigenvalue weighted by atomic mass is 9.83. The molecule has 1 aromatic carbocycles. The fourth-order valence-electron chi connectivity index (χ4n) is 2.94. The lowest BCUT2D eigenvalue weighted by Gasteiger charge is -2.26. The molecule has 0 aliphatic heterocycles. The van der Waals surface area contributed by atoms with E-state index in [0.29, 0.717) is 18.9 Å². The second kappa shape index (κ2) is 3.26. The topological polar surface area (TPSA) is 26.0 Å². The molecule has 1 nitrogen and oxygen atoms in total. The van der Waals surface area contributed by atoms with E-state index in [2.05, 4.69) is 0 Å². The number of nitrogens with two attached hydrogens (primary N) is 1. The van der Waals surface area contributed by atoms with Gasteiger partial charge in [-0.1, -0.05) is 6.07 Å². The number of benzene rings is 1. The Labute approximate surface area is 102 Å². The summed E-state index contributed by atoms with van der Waals surface area (Å²) in [5.74, 6) is -0.858. The molecule has 0 radical (unpaired) electrons. The molecule has 0 unspecified atom stereocenters. The highest BCUT2D eigenvalue weighted by Gasteiger charge is 2.65. The van der Waals surface area contributed by atoms with Crippen LogP contribution in [0.15, 0.2) is 18.2 Å². The van der Waals surface area contributed by atoms with Gasteiger partial charge in [-0.15, -0.1) is 0 Å². The third-order valence-corrected chi connectivity index (χ3v) is 4.29. The second-order valence-corrected chi connectivity index (χ2v) is 5.43. The Morgan fingerprint density at radius 3 is 2.11 bits per heavy atom. The van der Waals surface area contributed by atoms with E-state index < -0.39 is 28.5 Å². The van der Waals surface area contributed by atoms with Crippen LogP contribution in [0.3, 0.4) is 0 Å². The molecule has 0 amide bonds. The fourth-order valence-corrected chi connectivity index (χ4v) is 2.94. The molecule has 0 bridgehead atoms. The highest BCUT2D eigenvalue weighted by molar-refractivity contribution is 5.46. The van der Waals surface area contributed by atoms with Crippen LogP contribution in [-0.2, 0) is 11.6 Å². The van der Waals surface area contributed by atoms with Gasteiger partial charge in [0, 0.05) is 11.0 Å².